The standard InChI is InChI=1S/C10H22O4/c1-9(5-11,6-12)3-4-10(2,7-13)8-14/h11-14H,3-8H2,1-2H3. The van der Waals surface area contributed by atoms with Crippen LogP contribution in [0.3, 0.4) is 0 Å². The van der Waals surface area contributed by atoms with Crippen LogP contribution in [-0.4, -0.2) is 46.9 Å². The maximum absolute atomic E-state index is 9.04. The molecule has 0 radical (unpaired) electrons. The van der Waals surface area contributed by atoms with Gasteiger partial charge in [0.25, 0.3) is 0 Å². The topological polar surface area (TPSA) is 80.9 Å². The molecule has 0 rings (SSSR count). The molecule has 0 heterocycles. The summed E-state index contributed by atoms with van der Waals surface area (Å²) in [7, 11) is 0. The molecule has 86 valence electrons. The molecule has 0 saturated carbocycles. The van der Waals surface area contributed by atoms with Crippen molar-refractivity contribution in [3.63, 3.8) is 0 Å². The highest BCUT2D eigenvalue weighted by atomic mass is 16.3. The Morgan fingerprint density at radius 2 is 0.857 bits per heavy atom. The van der Waals surface area contributed by atoms with E-state index in [0.717, 1.165) is 0 Å². The van der Waals surface area contributed by atoms with Crippen LogP contribution in [0, 0.1) is 10.8 Å². The van der Waals surface area contributed by atoms with Crippen LogP contribution in [0.25, 0.3) is 0 Å². The predicted molar refractivity (Wildman–Crippen MR) is 53.8 cm³/mol. The van der Waals surface area contributed by atoms with Crippen molar-refractivity contribution in [3.8, 4) is 0 Å². The van der Waals surface area contributed by atoms with Crippen molar-refractivity contribution in [2.24, 2.45) is 10.8 Å². The Kier molecular flexibility index (Phi) is 5.59. The van der Waals surface area contributed by atoms with E-state index in [-0.39, 0.29) is 26.4 Å². The lowest BCUT2D eigenvalue weighted by Gasteiger charge is -2.31. The van der Waals surface area contributed by atoms with E-state index < -0.39 is 10.8 Å². The molecule has 0 amide bonds. The first-order valence-corrected chi connectivity index (χ1v) is 4.89. The second-order valence-corrected chi connectivity index (χ2v) is 4.75. The van der Waals surface area contributed by atoms with Crippen LogP contribution >= 0.6 is 0 Å². The molecular formula is C10H22O4. The average molecular weight is 206 g/mol. The van der Waals surface area contributed by atoms with Crippen LogP contribution in [0.15, 0.2) is 0 Å². The number of rotatable bonds is 7. The van der Waals surface area contributed by atoms with Gasteiger partial charge in [0.1, 0.15) is 0 Å². The van der Waals surface area contributed by atoms with E-state index in [0.29, 0.717) is 12.8 Å². The fourth-order valence-electron chi connectivity index (χ4n) is 1.02. The summed E-state index contributed by atoms with van der Waals surface area (Å²) in [4.78, 5) is 0. The van der Waals surface area contributed by atoms with Gasteiger partial charge >= 0.3 is 0 Å². The first-order valence-electron chi connectivity index (χ1n) is 4.89. The van der Waals surface area contributed by atoms with Gasteiger partial charge in [-0.25, -0.2) is 0 Å². The average Bonchev–Trinajstić information content (AvgIpc) is 2.25. The fourth-order valence-corrected chi connectivity index (χ4v) is 1.02. The molecule has 0 aromatic rings. The third kappa shape index (κ3) is 3.92. The van der Waals surface area contributed by atoms with Crippen molar-refractivity contribution in [2.45, 2.75) is 26.7 Å². The zero-order valence-corrected chi connectivity index (χ0v) is 9.03. The lowest BCUT2D eigenvalue weighted by atomic mass is 9.78. The Morgan fingerprint density at radius 1 is 0.643 bits per heavy atom. The smallest absolute Gasteiger partial charge is 0.0506 e. The van der Waals surface area contributed by atoms with Gasteiger partial charge in [-0.15, -0.1) is 0 Å². The first-order chi connectivity index (χ1) is 6.45. The molecule has 0 aliphatic rings. The highest BCUT2D eigenvalue weighted by molar-refractivity contribution is 4.79. The lowest BCUT2D eigenvalue weighted by Crippen LogP contribution is -2.32. The van der Waals surface area contributed by atoms with Crippen molar-refractivity contribution >= 4 is 0 Å². The molecule has 0 bridgehead atoms. The van der Waals surface area contributed by atoms with Crippen LogP contribution in [0.2, 0.25) is 0 Å². The van der Waals surface area contributed by atoms with Gasteiger partial charge in [0.15, 0.2) is 0 Å². The highest BCUT2D eigenvalue weighted by Gasteiger charge is 2.29. The summed E-state index contributed by atoms with van der Waals surface area (Å²) in [6.07, 6.45) is 1.16. The SMILES string of the molecule is CC(CO)(CO)CCC(C)(CO)CO. The summed E-state index contributed by atoms with van der Waals surface area (Å²) in [6.45, 7) is 3.21. The Labute approximate surface area is 85.2 Å². The van der Waals surface area contributed by atoms with Gasteiger partial charge in [0, 0.05) is 10.8 Å². The molecule has 0 aromatic carbocycles. The normalized spacial score (nSPS) is 13.3. The third-order valence-electron chi connectivity index (χ3n) is 2.86. The fraction of sp³-hybridized carbons (Fsp3) is 1.00. The summed E-state index contributed by atoms with van der Waals surface area (Å²) in [5.74, 6) is 0. The molecule has 4 heteroatoms. The van der Waals surface area contributed by atoms with Crippen molar-refractivity contribution in [2.75, 3.05) is 26.4 Å². The predicted octanol–water partition coefficient (Wildman–Crippen LogP) is -0.252. The van der Waals surface area contributed by atoms with Gasteiger partial charge in [-0.05, 0) is 12.8 Å². The summed E-state index contributed by atoms with van der Waals surface area (Å²) >= 11 is 0. The van der Waals surface area contributed by atoms with Crippen LogP contribution < -0.4 is 0 Å². The van der Waals surface area contributed by atoms with Gasteiger partial charge in [0.2, 0.25) is 0 Å². The van der Waals surface area contributed by atoms with E-state index in [1.54, 1.807) is 13.8 Å². The monoisotopic (exact) mass is 206 g/mol. The number of hydrogen-bond donors (Lipinski definition) is 4. The molecule has 0 unspecified atom stereocenters. The zero-order chi connectivity index (χ0) is 11.2. The Bertz CT molecular complexity index is 132. The molecule has 4 nitrogen and oxygen atoms in total. The van der Waals surface area contributed by atoms with Gasteiger partial charge < -0.3 is 20.4 Å². The maximum Gasteiger partial charge on any atom is 0.0506 e. The van der Waals surface area contributed by atoms with Gasteiger partial charge in [-0.3, -0.25) is 0 Å². The van der Waals surface area contributed by atoms with Crippen LogP contribution in [0.5, 0.6) is 0 Å². The molecule has 14 heavy (non-hydrogen) atoms. The molecule has 0 saturated heterocycles. The van der Waals surface area contributed by atoms with E-state index in [2.05, 4.69) is 0 Å². The maximum atomic E-state index is 9.04. The quantitative estimate of drug-likeness (QED) is 0.463. The van der Waals surface area contributed by atoms with Crippen molar-refractivity contribution < 1.29 is 20.4 Å². The van der Waals surface area contributed by atoms with Crippen LogP contribution in [0.1, 0.15) is 26.7 Å². The van der Waals surface area contributed by atoms with E-state index in [1.807, 2.05) is 0 Å². The second kappa shape index (κ2) is 5.66. The summed E-state index contributed by atoms with van der Waals surface area (Å²) in [5.41, 5.74) is -1.04. The van der Waals surface area contributed by atoms with Crippen molar-refractivity contribution in [3.05, 3.63) is 0 Å². The summed E-state index contributed by atoms with van der Waals surface area (Å²) in [5, 5.41) is 36.2. The summed E-state index contributed by atoms with van der Waals surface area (Å²) in [6, 6.07) is 0. The van der Waals surface area contributed by atoms with E-state index in [4.69, 9.17) is 20.4 Å². The first kappa shape index (κ1) is 13.8. The van der Waals surface area contributed by atoms with Crippen molar-refractivity contribution in [1.82, 2.24) is 0 Å². The van der Waals surface area contributed by atoms with Gasteiger partial charge in [-0.1, -0.05) is 13.8 Å². The molecule has 4 N–H and O–H groups in total. The molecule has 0 aliphatic heterocycles. The molecule has 0 atom stereocenters. The molecule has 0 aromatic heterocycles. The van der Waals surface area contributed by atoms with E-state index >= 15 is 0 Å². The minimum Gasteiger partial charge on any atom is -0.396 e. The third-order valence-corrected chi connectivity index (χ3v) is 2.86. The van der Waals surface area contributed by atoms with Gasteiger partial charge in [-0.2, -0.15) is 0 Å². The zero-order valence-electron chi connectivity index (χ0n) is 9.03. The number of aliphatic hydroxyl groups excluding tert-OH is 4. The number of hydrogen-bond acceptors (Lipinski definition) is 4. The Balaban J connectivity index is 4.14. The summed E-state index contributed by atoms with van der Waals surface area (Å²) < 4.78 is 0. The Hall–Kier alpha value is -0.160. The van der Waals surface area contributed by atoms with Crippen molar-refractivity contribution in [1.29, 1.82) is 0 Å². The molecule has 0 spiro atoms. The van der Waals surface area contributed by atoms with E-state index in [1.165, 1.54) is 0 Å². The molecule has 0 aliphatic carbocycles. The van der Waals surface area contributed by atoms with Crippen LogP contribution in [-0.2, 0) is 0 Å². The minimum atomic E-state index is -0.522. The molecule has 0 fully saturated rings. The minimum absolute atomic E-state index is 0.0869. The highest BCUT2D eigenvalue weighted by Crippen LogP contribution is 2.30. The second-order valence-electron chi connectivity index (χ2n) is 4.75. The van der Waals surface area contributed by atoms with Gasteiger partial charge in [0.05, 0.1) is 26.4 Å². The lowest BCUT2D eigenvalue weighted by molar-refractivity contribution is 0.0191. The Morgan fingerprint density at radius 3 is 1.00 bits per heavy atom. The van der Waals surface area contributed by atoms with E-state index in [9.17, 15) is 0 Å². The number of aliphatic hydroxyl groups is 4. The largest absolute Gasteiger partial charge is 0.396 e. The van der Waals surface area contributed by atoms with Crippen LogP contribution in [0.4, 0.5) is 0 Å². The molecular weight excluding hydrogens is 184 g/mol.